The van der Waals surface area contributed by atoms with Crippen LogP contribution in [0.2, 0.25) is 0 Å². The Morgan fingerprint density at radius 3 is 2.22 bits per heavy atom. The van der Waals surface area contributed by atoms with E-state index in [9.17, 15) is 13.2 Å². The largest absolute Gasteiger partial charge is 0.497 e. The molecule has 1 aliphatic heterocycles. The number of hydrogen-bond acceptors (Lipinski definition) is 4. The number of ether oxygens (including phenoxy) is 3. The van der Waals surface area contributed by atoms with Gasteiger partial charge in [-0.2, -0.15) is 13.2 Å². The van der Waals surface area contributed by atoms with Crippen molar-refractivity contribution in [2.24, 2.45) is 0 Å². The maximum atomic E-state index is 12.9. The van der Waals surface area contributed by atoms with Crippen LogP contribution in [0.25, 0.3) is 0 Å². The van der Waals surface area contributed by atoms with Crippen LogP contribution in [0.1, 0.15) is 17.2 Å². The Balaban J connectivity index is 1.86. The van der Waals surface area contributed by atoms with E-state index in [4.69, 9.17) is 14.2 Å². The Bertz CT molecular complexity index is 732. The fourth-order valence-electron chi connectivity index (χ4n) is 3.02. The van der Waals surface area contributed by atoms with Gasteiger partial charge in [-0.3, -0.25) is 0 Å². The minimum Gasteiger partial charge on any atom is -0.497 e. The van der Waals surface area contributed by atoms with Gasteiger partial charge in [0.25, 0.3) is 0 Å². The van der Waals surface area contributed by atoms with Crippen LogP contribution in [-0.4, -0.2) is 44.9 Å². The lowest BCUT2D eigenvalue weighted by molar-refractivity contribution is -0.137. The first kappa shape index (κ1) is 19.5. The topological polar surface area (TPSA) is 30.9 Å². The molecule has 1 heterocycles. The van der Waals surface area contributed by atoms with Gasteiger partial charge in [0.2, 0.25) is 0 Å². The zero-order valence-corrected chi connectivity index (χ0v) is 15.2. The molecular formula is C20H22F3NO3. The van der Waals surface area contributed by atoms with Gasteiger partial charge in [0.1, 0.15) is 17.6 Å². The van der Waals surface area contributed by atoms with Crippen molar-refractivity contribution in [1.82, 2.24) is 4.90 Å². The molecule has 1 aliphatic rings. The van der Waals surface area contributed by atoms with Gasteiger partial charge in [0, 0.05) is 13.1 Å². The van der Waals surface area contributed by atoms with Gasteiger partial charge in [-0.1, -0.05) is 12.1 Å². The van der Waals surface area contributed by atoms with E-state index in [1.54, 1.807) is 31.4 Å². The molecule has 1 saturated heterocycles. The monoisotopic (exact) mass is 381 g/mol. The number of benzene rings is 2. The Hall–Kier alpha value is -2.25. The molecule has 0 aliphatic carbocycles. The van der Waals surface area contributed by atoms with Crippen LogP contribution in [0.15, 0.2) is 48.5 Å². The van der Waals surface area contributed by atoms with Crippen molar-refractivity contribution in [3.8, 4) is 11.5 Å². The van der Waals surface area contributed by atoms with Crippen molar-refractivity contribution in [1.29, 1.82) is 0 Å². The molecule has 146 valence electrons. The number of rotatable bonds is 5. The van der Waals surface area contributed by atoms with Crippen LogP contribution in [0.5, 0.6) is 11.5 Å². The molecular weight excluding hydrogens is 359 g/mol. The van der Waals surface area contributed by atoms with E-state index >= 15 is 0 Å². The standard InChI is InChI=1S/C20H22F3NO3/c1-24-11-12-26-18(13-24)19(27-17-9-7-16(25-2)8-10-17)14-3-5-15(6-4-14)20(21,22)23/h3-10,18-19H,11-13H2,1-2H3. The zero-order valence-electron chi connectivity index (χ0n) is 15.2. The Morgan fingerprint density at radius 1 is 1.04 bits per heavy atom. The minimum absolute atomic E-state index is 0.289. The molecule has 1 fully saturated rings. The summed E-state index contributed by atoms with van der Waals surface area (Å²) in [6.45, 7) is 1.98. The van der Waals surface area contributed by atoms with Crippen molar-refractivity contribution in [2.45, 2.75) is 18.4 Å². The van der Waals surface area contributed by atoms with Gasteiger partial charge in [-0.05, 0) is 49.0 Å². The number of halogens is 3. The van der Waals surface area contributed by atoms with Crippen LogP contribution >= 0.6 is 0 Å². The van der Waals surface area contributed by atoms with Gasteiger partial charge in [0.15, 0.2) is 6.10 Å². The smallest absolute Gasteiger partial charge is 0.416 e. The summed E-state index contributed by atoms with van der Waals surface area (Å²) < 4.78 is 55.7. The first-order valence-corrected chi connectivity index (χ1v) is 8.65. The lowest BCUT2D eigenvalue weighted by Crippen LogP contribution is -2.44. The van der Waals surface area contributed by atoms with E-state index in [1.165, 1.54) is 12.1 Å². The highest BCUT2D eigenvalue weighted by atomic mass is 19.4. The van der Waals surface area contributed by atoms with Gasteiger partial charge < -0.3 is 19.1 Å². The molecule has 4 nitrogen and oxygen atoms in total. The second kappa shape index (κ2) is 8.19. The van der Waals surface area contributed by atoms with E-state index in [1.807, 2.05) is 7.05 Å². The fourth-order valence-corrected chi connectivity index (χ4v) is 3.02. The predicted octanol–water partition coefficient (Wildman–Crippen LogP) is 4.16. The molecule has 27 heavy (non-hydrogen) atoms. The number of morpholine rings is 1. The van der Waals surface area contributed by atoms with Gasteiger partial charge in [-0.15, -0.1) is 0 Å². The summed E-state index contributed by atoms with van der Waals surface area (Å²) in [6.07, 6.45) is -5.18. The van der Waals surface area contributed by atoms with Crippen LogP contribution in [0, 0.1) is 0 Å². The van der Waals surface area contributed by atoms with E-state index in [2.05, 4.69) is 4.90 Å². The van der Waals surface area contributed by atoms with E-state index < -0.39 is 17.8 Å². The third-order valence-corrected chi connectivity index (χ3v) is 4.52. The van der Waals surface area contributed by atoms with Crippen molar-refractivity contribution in [3.63, 3.8) is 0 Å². The second-order valence-corrected chi connectivity index (χ2v) is 6.51. The van der Waals surface area contributed by atoms with Gasteiger partial charge in [0.05, 0.1) is 19.3 Å². The van der Waals surface area contributed by atoms with Gasteiger partial charge in [-0.25, -0.2) is 0 Å². The second-order valence-electron chi connectivity index (χ2n) is 6.51. The highest BCUT2D eigenvalue weighted by Crippen LogP contribution is 2.33. The molecule has 2 atom stereocenters. The molecule has 0 radical (unpaired) electrons. The van der Waals surface area contributed by atoms with Crippen molar-refractivity contribution in [2.75, 3.05) is 33.9 Å². The summed E-state index contributed by atoms with van der Waals surface area (Å²) in [5.41, 5.74) is -0.0461. The van der Waals surface area contributed by atoms with Crippen molar-refractivity contribution >= 4 is 0 Å². The molecule has 0 N–H and O–H groups in total. The summed E-state index contributed by atoms with van der Waals surface area (Å²) >= 11 is 0. The maximum Gasteiger partial charge on any atom is 0.416 e. The third-order valence-electron chi connectivity index (χ3n) is 4.52. The predicted molar refractivity (Wildman–Crippen MR) is 95.0 cm³/mol. The fraction of sp³-hybridized carbons (Fsp3) is 0.400. The summed E-state index contributed by atoms with van der Waals surface area (Å²) in [5.74, 6) is 1.29. The van der Waals surface area contributed by atoms with E-state index in [0.717, 1.165) is 18.7 Å². The zero-order chi connectivity index (χ0) is 19.4. The molecule has 0 spiro atoms. The number of hydrogen-bond donors (Lipinski definition) is 0. The van der Waals surface area contributed by atoms with E-state index in [-0.39, 0.29) is 6.10 Å². The van der Waals surface area contributed by atoms with Crippen LogP contribution in [-0.2, 0) is 10.9 Å². The average Bonchev–Trinajstić information content (AvgIpc) is 2.66. The molecule has 2 aromatic rings. The normalized spacial score (nSPS) is 19.5. The van der Waals surface area contributed by atoms with Crippen molar-refractivity contribution < 1.29 is 27.4 Å². The Labute approximate surface area is 156 Å². The lowest BCUT2D eigenvalue weighted by atomic mass is 10.0. The minimum atomic E-state index is -4.37. The summed E-state index contributed by atoms with van der Waals surface area (Å²) in [4.78, 5) is 2.11. The molecule has 0 aromatic heterocycles. The first-order valence-electron chi connectivity index (χ1n) is 8.65. The van der Waals surface area contributed by atoms with Crippen LogP contribution < -0.4 is 9.47 Å². The lowest BCUT2D eigenvalue weighted by Gasteiger charge is -2.35. The van der Waals surface area contributed by atoms with Crippen LogP contribution in [0.3, 0.4) is 0 Å². The summed E-state index contributed by atoms with van der Waals surface area (Å²) in [7, 11) is 3.55. The number of nitrogens with zero attached hydrogens (tertiary/aromatic N) is 1. The first-order chi connectivity index (χ1) is 12.9. The number of methoxy groups -OCH3 is 1. The molecule has 0 saturated carbocycles. The Morgan fingerprint density at radius 2 is 1.67 bits per heavy atom. The maximum absolute atomic E-state index is 12.9. The molecule has 7 heteroatoms. The molecule has 2 unspecified atom stereocenters. The quantitative estimate of drug-likeness (QED) is 0.778. The van der Waals surface area contributed by atoms with E-state index in [0.29, 0.717) is 30.2 Å². The summed E-state index contributed by atoms with van der Waals surface area (Å²) in [6, 6.07) is 12.1. The van der Waals surface area contributed by atoms with Crippen molar-refractivity contribution in [3.05, 3.63) is 59.7 Å². The SMILES string of the molecule is COc1ccc(OC(c2ccc(C(F)(F)F)cc2)C2CN(C)CCO2)cc1. The van der Waals surface area contributed by atoms with Gasteiger partial charge >= 0.3 is 6.18 Å². The summed E-state index contributed by atoms with van der Waals surface area (Å²) in [5, 5.41) is 0. The molecule has 3 rings (SSSR count). The number of likely N-dealkylation sites (N-methyl/N-ethyl adjacent to an activating group) is 1. The third kappa shape index (κ3) is 4.93. The molecule has 0 amide bonds. The highest BCUT2D eigenvalue weighted by Gasteiger charge is 2.33. The Kier molecular flexibility index (Phi) is 5.92. The molecule has 0 bridgehead atoms. The number of alkyl halides is 3. The highest BCUT2D eigenvalue weighted by molar-refractivity contribution is 5.33. The average molecular weight is 381 g/mol. The molecule has 2 aromatic carbocycles. The van der Waals surface area contributed by atoms with Crippen LogP contribution in [0.4, 0.5) is 13.2 Å².